The largest absolute Gasteiger partial charge is 0.465 e. The zero-order valence-corrected chi connectivity index (χ0v) is 15.5. The van der Waals surface area contributed by atoms with Crippen molar-refractivity contribution < 1.29 is 13.9 Å². The van der Waals surface area contributed by atoms with Crippen LogP contribution >= 0.6 is 0 Å². The Morgan fingerprint density at radius 3 is 2.81 bits per heavy atom. The van der Waals surface area contributed by atoms with Crippen LogP contribution in [0.1, 0.15) is 23.1 Å². The summed E-state index contributed by atoms with van der Waals surface area (Å²) in [7, 11) is 0. The number of nitrogens with one attached hydrogen (secondary N) is 2. The molecule has 0 spiro atoms. The lowest BCUT2D eigenvalue weighted by atomic mass is 10.1. The van der Waals surface area contributed by atoms with E-state index in [2.05, 4.69) is 15.2 Å². The first-order valence-electron chi connectivity index (χ1n) is 9.40. The molecule has 0 bridgehead atoms. The third kappa shape index (κ3) is 4.07. The number of para-hydroxylation sites is 1. The van der Waals surface area contributed by atoms with E-state index in [4.69, 9.17) is 9.15 Å². The van der Waals surface area contributed by atoms with Crippen molar-refractivity contribution in [2.45, 2.75) is 19.4 Å². The predicted octanol–water partition coefficient (Wildman–Crippen LogP) is 2.80. The number of amides is 1. The van der Waals surface area contributed by atoms with E-state index < -0.39 is 0 Å². The SMILES string of the molecule is Cc1ccc(C(CNC(=O)Cc2c[nH]c3ccccc23)N2CCOCC2)o1. The smallest absolute Gasteiger partial charge is 0.224 e. The van der Waals surface area contributed by atoms with Crippen molar-refractivity contribution >= 4 is 16.8 Å². The molecule has 142 valence electrons. The number of H-pyrrole nitrogens is 1. The third-order valence-electron chi connectivity index (χ3n) is 5.09. The molecule has 1 atom stereocenters. The van der Waals surface area contributed by atoms with E-state index in [-0.39, 0.29) is 11.9 Å². The highest BCUT2D eigenvalue weighted by Gasteiger charge is 2.25. The first-order valence-corrected chi connectivity index (χ1v) is 9.40. The molecule has 0 aliphatic carbocycles. The summed E-state index contributed by atoms with van der Waals surface area (Å²) in [5, 5.41) is 4.19. The van der Waals surface area contributed by atoms with Gasteiger partial charge in [-0.3, -0.25) is 9.69 Å². The summed E-state index contributed by atoms with van der Waals surface area (Å²) in [6, 6.07) is 12.0. The van der Waals surface area contributed by atoms with Gasteiger partial charge in [0.2, 0.25) is 5.91 Å². The Kier molecular flexibility index (Phi) is 5.27. The van der Waals surface area contributed by atoms with E-state index in [0.717, 1.165) is 41.1 Å². The normalized spacial score (nSPS) is 16.5. The molecule has 3 aromatic rings. The van der Waals surface area contributed by atoms with Gasteiger partial charge in [-0.25, -0.2) is 0 Å². The van der Waals surface area contributed by atoms with E-state index in [1.807, 2.05) is 49.5 Å². The number of aryl methyl sites for hydroxylation is 1. The molecule has 6 nitrogen and oxygen atoms in total. The number of furan rings is 1. The Balaban J connectivity index is 1.43. The molecule has 2 aromatic heterocycles. The maximum Gasteiger partial charge on any atom is 0.224 e. The number of rotatable bonds is 6. The van der Waals surface area contributed by atoms with Crippen LogP contribution in [0.2, 0.25) is 0 Å². The van der Waals surface area contributed by atoms with Crippen LogP contribution in [0, 0.1) is 6.92 Å². The predicted molar refractivity (Wildman–Crippen MR) is 104 cm³/mol. The highest BCUT2D eigenvalue weighted by molar-refractivity contribution is 5.88. The molecule has 27 heavy (non-hydrogen) atoms. The molecule has 1 saturated heterocycles. The van der Waals surface area contributed by atoms with Crippen LogP contribution < -0.4 is 5.32 Å². The van der Waals surface area contributed by atoms with Gasteiger partial charge in [0.25, 0.3) is 0 Å². The summed E-state index contributed by atoms with van der Waals surface area (Å²) in [4.78, 5) is 18.1. The lowest BCUT2D eigenvalue weighted by molar-refractivity contribution is -0.120. The summed E-state index contributed by atoms with van der Waals surface area (Å²) in [6.07, 6.45) is 2.27. The van der Waals surface area contributed by atoms with Gasteiger partial charge >= 0.3 is 0 Å². The molecule has 4 rings (SSSR count). The number of hydrogen-bond acceptors (Lipinski definition) is 4. The van der Waals surface area contributed by atoms with Crippen LogP contribution in [0.5, 0.6) is 0 Å². The fraction of sp³-hybridized carbons (Fsp3) is 0.381. The molecule has 1 amide bonds. The lowest BCUT2D eigenvalue weighted by Crippen LogP contribution is -2.43. The number of benzene rings is 1. The quantitative estimate of drug-likeness (QED) is 0.703. The number of carbonyl (C=O) groups is 1. The van der Waals surface area contributed by atoms with Crippen molar-refractivity contribution in [3.8, 4) is 0 Å². The van der Waals surface area contributed by atoms with Crippen molar-refractivity contribution in [2.75, 3.05) is 32.8 Å². The second-order valence-corrected chi connectivity index (χ2v) is 6.95. The monoisotopic (exact) mass is 367 g/mol. The number of morpholine rings is 1. The van der Waals surface area contributed by atoms with E-state index in [1.54, 1.807) is 0 Å². The van der Waals surface area contributed by atoms with Crippen LogP contribution in [-0.2, 0) is 16.0 Å². The Morgan fingerprint density at radius 1 is 1.22 bits per heavy atom. The molecular weight excluding hydrogens is 342 g/mol. The second-order valence-electron chi connectivity index (χ2n) is 6.95. The molecule has 2 N–H and O–H groups in total. The maximum atomic E-state index is 12.6. The molecule has 1 aliphatic heterocycles. The summed E-state index contributed by atoms with van der Waals surface area (Å²) >= 11 is 0. The van der Waals surface area contributed by atoms with E-state index in [0.29, 0.717) is 26.2 Å². The topological polar surface area (TPSA) is 70.5 Å². The minimum atomic E-state index is 0.0151. The average molecular weight is 367 g/mol. The Bertz CT molecular complexity index is 908. The highest BCUT2D eigenvalue weighted by atomic mass is 16.5. The molecule has 1 aromatic carbocycles. The van der Waals surface area contributed by atoms with Gasteiger partial charge in [0.05, 0.1) is 25.7 Å². The minimum absolute atomic E-state index is 0.0151. The zero-order chi connectivity index (χ0) is 18.6. The van der Waals surface area contributed by atoms with Gasteiger partial charge in [-0.2, -0.15) is 0 Å². The second kappa shape index (κ2) is 7.98. The van der Waals surface area contributed by atoms with Crippen LogP contribution in [-0.4, -0.2) is 48.6 Å². The van der Waals surface area contributed by atoms with Gasteiger partial charge in [0, 0.05) is 36.7 Å². The van der Waals surface area contributed by atoms with Crippen molar-refractivity contribution in [1.29, 1.82) is 0 Å². The Hall–Kier alpha value is -2.57. The Labute approximate surface area is 158 Å². The first-order chi connectivity index (χ1) is 13.2. The van der Waals surface area contributed by atoms with E-state index in [1.165, 1.54) is 0 Å². The van der Waals surface area contributed by atoms with Crippen molar-refractivity contribution in [2.24, 2.45) is 0 Å². The summed E-state index contributed by atoms with van der Waals surface area (Å²) < 4.78 is 11.3. The number of carbonyl (C=O) groups excluding carboxylic acids is 1. The van der Waals surface area contributed by atoms with Crippen LogP contribution in [0.4, 0.5) is 0 Å². The summed E-state index contributed by atoms with van der Waals surface area (Å²) in [6.45, 7) is 5.55. The van der Waals surface area contributed by atoms with Gasteiger partial charge in [0.1, 0.15) is 11.5 Å². The molecule has 3 heterocycles. The average Bonchev–Trinajstić information content (AvgIpc) is 3.30. The summed E-state index contributed by atoms with van der Waals surface area (Å²) in [5.74, 6) is 1.79. The molecule has 6 heteroatoms. The van der Waals surface area contributed by atoms with E-state index >= 15 is 0 Å². The third-order valence-corrected chi connectivity index (χ3v) is 5.09. The number of hydrogen-bond donors (Lipinski definition) is 2. The fourth-order valence-corrected chi connectivity index (χ4v) is 3.66. The van der Waals surface area contributed by atoms with Crippen molar-refractivity contribution in [1.82, 2.24) is 15.2 Å². The van der Waals surface area contributed by atoms with Crippen LogP contribution in [0.3, 0.4) is 0 Å². The van der Waals surface area contributed by atoms with Crippen LogP contribution in [0.25, 0.3) is 10.9 Å². The molecule has 0 radical (unpaired) electrons. The highest BCUT2D eigenvalue weighted by Crippen LogP contribution is 2.23. The molecule has 1 unspecified atom stereocenters. The summed E-state index contributed by atoms with van der Waals surface area (Å²) in [5.41, 5.74) is 2.07. The number of nitrogens with zero attached hydrogens (tertiary/aromatic N) is 1. The Morgan fingerprint density at radius 2 is 2.04 bits per heavy atom. The number of aromatic nitrogens is 1. The van der Waals surface area contributed by atoms with Crippen molar-refractivity contribution in [3.05, 3.63) is 59.7 Å². The van der Waals surface area contributed by atoms with Gasteiger partial charge in [0.15, 0.2) is 0 Å². The molecule has 1 aliphatic rings. The van der Waals surface area contributed by atoms with Gasteiger partial charge in [-0.15, -0.1) is 0 Å². The van der Waals surface area contributed by atoms with Crippen LogP contribution in [0.15, 0.2) is 47.0 Å². The van der Waals surface area contributed by atoms with Gasteiger partial charge < -0.3 is 19.5 Å². The first kappa shape index (κ1) is 17.8. The van der Waals surface area contributed by atoms with E-state index in [9.17, 15) is 4.79 Å². The van der Waals surface area contributed by atoms with Crippen molar-refractivity contribution in [3.63, 3.8) is 0 Å². The standard InChI is InChI=1S/C21H25N3O3/c1-15-6-7-20(27-15)19(24-8-10-26-11-9-24)14-23-21(25)12-16-13-22-18-5-3-2-4-17(16)18/h2-7,13,19,22H,8-12,14H2,1H3,(H,23,25). The van der Waals surface area contributed by atoms with Gasteiger partial charge in [-0.1, -0.05) is 18.2 Å². The fourth-order valence-electron chi connectivity index (χ4n) is 3.66. The number of ether oxygens (including phenoxy) is 1. The zero-order valence-electron chi connectivity index (χ0n) is 15.5. The maximum absolute atomic E-state index is 12.6. The lowest BCUT2D eigenvalue weighted by Gasteiger charge is -2.33. The molecule has 0 saturated carbocycles. The minimum Gasteiger partial charge on any atom is -0.465 e. The molecule has 1 fully saturated rings. The molecular formula is C21H25N3O3. The number of aromatic amines is 1. The number of fused-ring (bicyclic) bond motifs is 1. The van der Waals surface area contributed by atoms with Gasteiger partial charge in [-0.05, 0) is 30.7 Å².